The van der Waals surface area contributed by atoms with Crippen molar-refractivity contribution in [3.8, 4) is 0 Å². The Morgan fingerprint density at radius 1 is 1.17 bits per heavy atom. The zero-order valence-electron chi connectivity index (χ0n) is 13.2. The Balaban J connectivity index is 1.77. The fourth-order valence-electron chi connectivity index (χ4n) is 3.04. The van der Waals surface area contributed by atoms with E-state index in [1.807, 2.05) is 24.3 Å². The van der Waals surface area contributed by atoms with E-state index >= 15 is 0 Å². The van der Waals surface area contributed by atoms with Crippen LogP contribution in [0.25, 0.3) is 0 Å². The highest BCUT2D eigenvalue weighted by Gasteiger charge is 2.34. The van der Waals surface area contributed by atoms with Gasteiger partial charge in [0.05, 0.1) is 5.56 Å². The molecule has 126 valence electrons. The van der Waals surface area contributed by atoms with Crippen molar-refractivity contribution in [2.24, 2.45) is 0 Å². The van der Waals surface area contributed by atoms with Crippen molar-refractivity contribution in [1.29, 1.82) is 0 Å². The zero-order valence-corrected chi connectivity index (χ0v) is 13.9. The Kier molecular flexibility index (Phi) is 5.02. The molecule has 2 heterocycles. The first-order valence-corrected chi connectivity index (χ1v) is 8.28. The number of hydrogen-bond donors (Lipinski definition) is 2. The molecule has 0 aliphatic carbocycles. The van der Waals surface area contributed by atoms with Crippen LogP contribution < -0.4 is 10.9 Å². The Labute approximate surface area is 145 Å². The lowest BCUT2D eigenvalue weighted by Crippen LogP contribution is -2.44. The number of aromatic nitrogens is 1. The van der Waals surface area contributed by atoms with Crippen molar-refractivity contribution in [2.45, 2.75) is 18.3 Å². The van der Waals surface area contributed by atoms with E-state index in [0.29, 0.717) is 30.3 Å². The molecule has 0 atom stereocenters. The smallest absolute Gasteiger partial charge is 0.252 e. The summed E-state index contributed by atoms with van der Waals surface area (Å²) in [6, 6.07) is 10.6. The van der Waals surface area contributed by atoms with Crippen LogP contribution >= 0.6 is 11.6 Å². The van der Waals surface area contributed by atoms with Gasteiger partial charge in [0.15, 0.2) is 0 Å². The Morgan fingerprint density at radius 3 is 2.50 bits per heavy atom. The number of rotatable bonds is 4. The molecular formula is C18H19ClN2O3. The maximum Gasteiger partial charge on any atom is 0.252 e. The minimum absolute atomic E-state index is 0.166. The average Bonchev–Trinajstić information content (AvgIpc) is 2.62. The van der Waals surface area contributed by atoms with Crippen LogP contribution in [0.4, 0.5) is 0 Å². The molecule has 3 rings (SSSR count). The summed E-state index contributed by atoms with van der Waals surface area (Å²) in [5.74, 6) is -0.203. The van der Waals surface area contributed by atoms with E-state index < -0.39 is 0 Å². The second kappa shape index (κ2) is 7.20. The van der Waals surface area contributed by atoms with Crippen LogP contribution in [0.15, 0.2) is 47.4 Å². The molecule has 1 aromatic heterocycles. The number of halogens is 1. The number of pyridine rings is 1. The lowest BCUT2D eigenvalue weighted by Gasteiger charge is -2.38. The fraction of sp³-hybridized carbons (Fsp3) is 0.333. The maximum atomic E-state index is 12.3. The molecule has 0 radical (unpaired) electrons. The van der Waals surface area contributed by atoms with Gasteiger partial charge in [0.25, 0.3) is 5.91 Å². The number of carbonyl (C=O) groups excluding carboxylic acids is 1. The van der Waals surface area contributed by atoms with Gasteiger partial charge in [-0.05, 0) is 36.6 Å². The number of H-pyrrole nitrogens is 1. The number of aromatic amines is 1. The maximum absolute atomic E-state index is 12.3. The molecule has 2 aromatic rings. The van der Waals surface area contributed by atoms with Gasteiger partial charge in [-0.15, -0.1) is 0 Å². The number of ether oxygens (including phenoxy) is 1. The molecule has 1 aliphatic heterocycles. The lowest BCUT2D eigenvalue weighted by molar-refractivity contribution is 0.0487. The third-order valence-corrected chi connectivity index (χ3v) is 4.79. The SMILES string of the molecule is O=C(NCC1(c2ccc(Cl)cc2)CCOCC1)c1ccc(=O)[nH]c1. The highest BCUT2D eigenvalue weighted by Crippen LogP contribution is 2.34. The summed E-state index contributed by atoms with van der Waals surface area (Å²) in [6.45, 7) is 1.84. The van der Waals surface area contributed by atoms with Gasteiger partial charge in [-0.1, -0.05) is 23.7 Å². The van der Waals surface area contributed by atoms with Gasteiger partial charge in [0, 0.05) is 42.5 Å². The van der Waals surface area contributed by atoms with Gasteiger partial charge < -0.3 is 15.0 Å². The van der Waals surface area contributed by atoms with E-state index in [1.54, 1.807) is 0 Å². The molecule has 1 aliphatic rings. The summed E-state index contributed by atoms with van der Waals surface area (Å²) >= 11 is 5.99. The number of carbonyl (C=O) groups is 1. The molecule has 1 aromatic carbocycles. The van der Waals surface area contributed by atoms with Crippen molar-refractivity contribution in [3.05, 3.63) is 69.1 Å². The van der Waals surface area contributed by atoms with Crippen molar-refractivity contribution in [3.63, 3.8) is 0 Å². The summed E-state index contributed by atoms with van der Waals surface area (Å²) in [5.41, 5.74) is 1.19. The van der Waals surface area contributed by atoms with E-state index in [2.05, 4.69) is 10.3 Å². The molecule has 0 bridgehead atoms. The molecule has 1 amide bonds. The molecule has 1 saturated heterocycles. The van der Waals surface area contributed by atoms with Crippen LogP contribution in [0.1, 0.15) is 28.8 Å². The molecule has 0 unspecified atom stereocenters. The Morgan fingerprint density at radius 2 is 1.88 bits per heavy atom. The van der Waals surface area contributed by atoms with E-state index in [-0.39, 0.29) is 16.9 Å². The minimum Gasteiger partial charge on any atom is -0.381 e. The summed E-state index contributed by atoms with van der Waals surface area (Å²) in [6.07, 6.45) is 3.09. The van der Waals surface area contributed by atoms with Gasteiger partial charge in [-0.3, -0.25) is 9.59 Å². The van der Waals surface area contributed by atoms with Gasteiger partial charge in [0.1, 0.15) is 0 Å². The van der Waals surface area contributed by atoms with Gasteiger partial charge >= 0.3 is 0 Å². The number of nitrogens with one attached hydrogen (secondary N) is 2. The summed E-state index contributed by atoms with van der Waals surface area (Å²) in [5, 5.41) is 3.69. The molecule has 0 spiro atoms. The summed E-state index contributed by atoms with van der Waals surface area (Å²) < 4.78 is 5.50. The number of hydrogen-bond acceptors (Lipinski definition) is 3. The van der Waals surface area contributed by atoms with Crippen LogP contribution in [0.5, 0.6) is 0 Å². The molecule has 5 nitrogen and oxygen atoms in total. The van der Waals surface area contributed by atoms with Gasteiger partial charge in [-0.25, -0.2) is 0 Å². The largest absolute Gasteiger partial charge is 0.381 e. The molecular weight excluding hydrogens is 328 g/mol. The average molecular weight is 347 g/mol. The van der Waals surface area contributed by atoms with Crippen LogP contribution in [0, 0.1) is 0 Å². The highest BCUT2D eigenvalue weighted by molar-refractivity contribution is 6.30. The highest BCUT2D eigenvalue weighted by atomic mass is 35.5. The molecule has 24 heavy (non-hydrogen) atoms. The quantitative estimate of drug-likeness (QED) is 0.893. The van der Waals surface area contributed by atoms with Crippen LogP contribution in [-0.2, 0) is 10.2 Å². The first kappa shape index (κ1) is 16.7. The van der Waals surface area contributed by atoms with E-state index in [0.717, 1.165) is 18.4 Å². The predicted octanol–water partition coefficient (Wildman–Crippen LogP) is 2.51. The summed E-state index contributed by atoms with van der Waals surface area (Å²) in [4.78, 5) is 26.0. The van der Waals surface area contributed by atoms with E-state index in [4.69, 9.17) is 16.3 Å². The molecule has 0 saturated carbocycles. The second-order valence-corrected chi connectivity index (χ2v) is 6.46. The van der Waals surface area contributed by atoms with Crippen LogP contribution in [0.3, 0.4) is 0 Å². The number of amides is 1. The van der Waals surface area contributed by atoms with Gasteiger partial charge in [-0.2, -0.15) is 0 Å². The van der Waals surface area contributed by atoms with Crippen molar-refractivity contribution in [2.75, 3.05) is 19.8 Å². The van der Waals surface area contributed by atoms with Gasteiger partial charge in [0.2, 0.25) is 5.56 Å². The van der Waals surface area contributed by atoms with Crippen LogP contribution in [-0.4, -0.2) is 30.6 Å². The Bertz CT molecular complexity index is 744. The Hall–Kier alpha value is -2.11. The summed E-state index contributed by atoms with van der Waals surface area (Å²) in [7, 11) is 0. The zero-order chi connectivity index (χ0) is 17.0. The first-order chi connectivity index (χ1) is 11.6. The van der Waals surface area contributed by atoms with E-state index in [9.17, 15) is 9.59 Å². The minimum atomic E-state index is -0.228. The topological polar surface area (TPSA) is 71.2 Å². The molecule has 1 fully saturated rings. The normalized spacial score (nSPS) is 16.5. The fourth-order valence-corrected chi connectivity index (χ4v) is 3.16. The molecule has 6 heteroatoms. The first-order valence-electron chi connectivity index (χ1n) is 7.90. The molecule has 2 N–H and O–H groups in total. The third kappa shape index (κ3) is 3.68. The van der Waals surface area contributed by atoms with Crippen molar-refractivity contribution < 1.29 is 9.53 Å². The number of benzene rings is 1. The lowest BCUT2D eigenvalue weighted by atomic mass is 9.74. The van der Waals surface area contributed by atoms with Crippen molar-refractivity contribution >= 4 is 17.5 Å². The standard InChI is InChI=1S/C18H19ClN2O3/c19-15-4-2-14(3-5-15)18(7-9-24-10-8-18)12-21-17(23)13-1-6-16(22)20-11-13/h1-6,11H,7-10,12H2,(H,20,22)(H,21,23). The predicted molar refractivity (Wildman–Crippen MR) is 92.6 cm³/mol. The monoisotopic (exact) mass is 346 g/mol. The van der Waals surface area contributed by atoms with E-state index in [1.165, 1.54) is 18.3 Å². The third-order valence-electron chi connectivity index (χ3n) is 4.54. The van der Waals surface area contributed by atoms with Crippen molar-refractivity contribution in [1.82, 2.24) is 10.3 Å². The second-order valence-electron chi connectivity index (χ2n) is 6.02. The van der Waals surface area contributed by atoms with Crippen LogP contribution in [0.2, 0.25) is 5.02 Å².